The van der Waals surface area contributed by atoms with Gasteiger partial charge in [0.15, 0.2) is 4.77 Å². The Bertz CT molecular complexity index is 1110. The fraction of sp³-hybridized carbons (Fsp3) is 0.353. The van der Waals surface area contributed by atoms with E-state index in [0.717, 1.165) is 27.5 Å². The van der Waals surface area contributed by atoms with Gasteiger partial charge in [0.25, 0.3) is 0 Å². The second kappa shape index (κ2) is 9.14. The van der Waals surface area contributed by atoms with E-state index in [-0.39, 0.29) is 27.7 Å². The van der Waals surface area contributed by atoms with E-state index in [9.17, 15) is 18.8 Å². The number of carbonyl (C=O) groups is 1. The van der Waals surface area contributed by atoms with Crippen LogP contribution in [0, 0.1) is 10.6 Å². The quantitative estimate of drug-likeness (QED) is 0.291. The lowest BCUT2D eigenvalue weighted by atomic mass is 10.2. The number of benzene rings is 1. The minimum atomic E-state index is -0.974. The molecular weight excluding hydrogens is 427 g/mol. The van der Waals surface area contributed by atoms with Crippen LogP contribution in [-0.4, -0.2) is 38.6 Å². The molecule has 0 amide bonds. The van der Waals surface area contributed by atoms with Crippen LogP contribution < -0.4 is 11.4 Å². The Morgan fingerprint density at radius 2 is 1.90 bits per heavy atom. The predicted molar refractivity (Wildman–Crippen MR) is 107 cm³/mol. The second-order valence-electron chi connectivity index (χ2n) is 5.86. The number of esters is 1. The molecule has 0 N–H and O–H groups in total. The summed E-state index contributed by atoms with van der Waals surface area (Å²) < 4.78 is 22.0. The smallest absolute Gasteiger partial charge is 0.349 e. The van der Waals surface area contributed by atoms with E-state index in [1.54, 1.807) is 6.92 Å². The first kappa shape index (κ1) is 22.5. The maximum absolute atomic E-state index is 14.5. The lowest BCUT2D eigenvalue weighted by molar-refractivity contribution is -0.155. The largest absolute Gasteiger partial charge is 0.463 e. The third kappa shape index (κ3) is 4.62. The Morgan fingerprint density at radius 3 is 2.45 bits per heavy atom. The van der Waals surface area contributed by atoms with Gasteiger partial charge in [-0.2, -0.15) is 0 Å². The Kier molecular flexibility index (Phi) is 7.09. The molecule has 1 heterocycles. The van der Waals surface area contributed by atoms with Crippen molar-refractivity contribution in [1.82, 2.24) is 13.7 Å². The molecule has 0 bridgehead atoms. The van der Waals surface area contributed by atoms with Gasteiger partial charge in [0, 0.05) is 19.7 Å². The monoisotopic (exact) mass is 444 g/mol. The summed E-state index contributed by atoms with van der Waals surface area (Å²) in [6.07, 6.45) is 0.149. The molecule has 0 radical (unpaired) electrons. The van der Waals surface area contributed by atoms with Crippen LogP contribution in [0.4, 0.5) is 4.39 Å². The van der Waals surface area contributed by atoms with E-state index in [4.69, 9.17) is 33.4 Å². The van der Waals surface area contributed by atoms with Crippen LogP contribution in [0.25, 0.3) is 5.69 Å². The summed E-state index contributed by atoms with van der Waals surface area (Å²) in [6.45, 7) is 3.28. The van der Waals surface area contributed by atoms with Crippen molar-refractivity contribution in [3.05, 3.63) is 54.3 Å². The third-order valence-electron chi connectivity index (χ3n) is 3.87. The Hall–Kier alpha value is -2.79. The van der Waals surface area contributed by atoms with Crippen LogP contribution in [0.2, 0.25) is 5.02 Å². The van der Waals surface area contributed by atoms with Gasteiger partial charge in [-0.15, -0.1) is 0 Å². The van der Waals surface area contributed by atoms with Crippen molar-refractivity contribution in [2.24, 2.45) is 19.3 Å². The van der Waals surface area contributed by atoms with Crippen molar-refractivity contribution in [3.63, 3.8) is 0 Å². The number of oxime groups is 1. The molecular formula is C17H18ClFN4O5S. The van der Waals surface area contributed by atoms with Gasteiger partial charge in [-0.25, -0.2) is 23.3 Å². The van der Waals surface area contributed by atoms with E-state index in [1.165, 1.54) is 21.0 Å². The highest BCUT2D eigenvalue weighted by Crippen LogP contribution is 2.21. The first-order valence-corrected chi connectivity index (χ1v) is 9.13. The SMILES string of the molecule is CCOC(=O)[C@@H](C)O/N=C/c1cc(-n2c(=O)n(C)c(=S)n(C)c2=O)c(F)cc1Cl. The molecule has 2 aromatic rings. The topological polar surface area (TPSA) is 96.8 Å². The lowest BCUT2D eigenvalue weighted by Crippen LogP contribution is -2.43. The van der Waals surface area contributed by atoms with Gasteiger partial charge in [0.2, 0.25) is 6.10 Å². The molecule has 0 spiro atoms. The van der Waals surface area contributed by atoms with E-state index in [1.807, 2.05) is 0 Å². The summed E-state index contributed by atoms with van der Waals surface area (Å²) in [5.74, 6) is -1.51. The van der Waals surface area contributed by atoms with E-state index in [0.29, 0.717) is 4.57 Å². The Morgan fingerprint density at radius 1 is 1.31 bits per heavy atom. The van der Waals surface area contributed by atoms with Gasteiger partial charge in [-0.3, -0.25) is 9.13 Å². The summed E-state index contributed by atoms with van der Waals surface area (Å²) in [7, 11) is 2.73. The number of halogens is 2. The number of carbonyl (C=O) groups excluding carboxylic acids is 1. The molecule has 0 aliphatic heterocycles. The number of rotatable bonds is 6. The summed E-state index contributed by atoms with van der Waals surface area (Å²) in [4.78, 5) is 41.5. The molecule has 0 saturated heterocycles. The molecule has 0 unspecified atom stereocenters. The zero-order chi connectivity index (χ0) is 21.9. The van der Waals surface area contributed by atoms with Crippen LogP contribution in [0.15, 0.2) is 26.9 Å². The number of hydrogen-bond donors (Lipinski definition) is 0. The average Bonchev–Trinajstić information content (AvgIpc) is 2.67. The Labute approximate surface area is 174 Å². The maximum Gasteiger partial charge on any atom is 0.349 e. The minimum Gasteiger partial charge on any atom is -0.463 e. The van der Waals surface area contributed by atoms with Gasteiger partial charge in [0.1, 0.15) is 5.82 Å². The van der Waals surface area contributed by atoms with Crippen LogP contribution in [0.1, 0.15) is 19.4 Å². The lowest BCUT2D eigenvalue weighted by Gasteiger charge is -2.12. The van der Waals surface area contributed by atoms with Gasteiger partial charge in [-0.05, 0) is 38.2 Å². The van der Waals surface area contributed by atoms with Crippen molar-refractivity contribution in [3.8, 4) is 5.69 Å². The van der Waals surface area contributed by atoms with Crippen LogP contribution in [0.5, 0.6) is 0 Å². The van der Waals surface area contributed by atoms with E-state index < -0.39 is 29.3 Å². The highest BCUT2D eigenvalue weighted by molar-refractivity contribution is 7.71. The van der Waals surface area contributed by atoms with Gasteiger partial charge < -0.3 is 9.57 Å². The Balaban J connectivity index is 2.50. The number of nitrogens with zero attached hydrogens (tertiary/aromatic N) is 4. The van der Waals surface area contributed by atoms with Crippen molar-refractivity contribution in [1.29, 1.82) is 0 Å². The third-order valence-corrected chi connectivity index (χ3v) is 4.74. The van der Waals surface area contributed by atoms with Crippen molar-refractivity contribution >= 4 is 36.0 Å². The summed E-state index contributed by atoms with van der Waals surface area (Å²) >= 11 is 11.0. The summed E-state index contributed by atoms with van der Waals surface area (Å²) in [5.41, 5.74) is -1.84. The van der Waals surface area contributed by atoms with Crippen molar-refractivity contribution < 1.29 is 18.8 Å². The fourth-order valence-corrected chi connectivity index (χ4v) is 2.64. The molecule has 29 heavy (non-hydrogen) atoms. The summed E-state index contributed by atoms with van der Waals surface area (Å²) in [5, 5.41) is 3.59. The molecule has 0 saturated carbocycles. The molecule has 0 fully saturated rings. The standard InChI is InChI=1S/C17H18ClFN4O5S/c1-5-27-14(24)9(2)28-20-8-10-6-13(12(19)7-11(10)18)23-15(25)21(3)17(29)22(4)16(23)26/h6-9H,5H2,1-4H3/b20-8+/t9-/m1/s1. The van der Waals surface area contributed by atoms with Gasteiger partial charge >= 0.3 is 17.3 Å². The van der Waals surface area contributed by atoms with Crippen molar-refractivity contribution in [2.75, 3.05) is 6.61 Å². The normalized spacial score (nSPS) is 12.2. The van der Waals surface area contributed by atoms with Crippen LogP contribution >= 0.6 is 23.8 Å². The predicted octanol–water partition coefficient (Wildman–Crippen LogP) is 1.70. The molecule has 2 rings (SSSR count). The molecule has 0 aliphatic rings. The van der Waals surface area contributed by atoms with Crippen LogP contribution in [0.3, 0.4) is 0 Å². The number of aromatic nitrogens is 3. The highest BCUT2D eigenvalue weighted by Gasteiger charge is 2.17. The first-order chi connectivity index (χ1) is 13.6. The molecule has 156 valence electrons. The number of hydrogen-bond acceptors (Lipinski definition) is 7. The average molecular weight is 445 g/mol. The molecule has 1 atom stereocenters. The molecule has 0 aliphatic carbocycles. The van der Waals surface area contributed by atoms with Crippen molar-refractivity contribution in [2.45, 2.75) is 20.0 Å². The highest BCUT2D eigenvalue weighted by atomic mass is 35.5. The second-order valence-corrected chi connectivity index (χ2v) is 6.63. The summed E-state index contributed by atoms with van der Waals surface area (Å²) in [6, 6.07) is 2.09. The molecule has 1 aromatic carbocycles. The number of ether oxygens (including phenoxy) is 1. The zero-order valence-corrected chi connectivity index (χ0v) is 17.6. The molecule has 12 heteroatoms. The first-order valence-electron chi connectivity index (χ1n) is 8.34. The fourth-order valence-electron chi connectivity index (χ4n) is 2.28. The molecule has 9 nitrogen and oxygen atoms in total. The minimum absolute atomic E-state index is 0.0197. The van der Waals surface area contributed by atoms with Gasteiger partial charge in [-0.1, -0.05) is 16.8 Å². The van der Waals surface area contributed by atoms with E-state index >= 15 is 0 Å². The van der Waals surface area contributed by atoms with E-state index in [2.05, 4.69) is 5.16 Å². The maximum atomic E-state index is 14.5. The zero-order valence-electron chi connectivity index (χ0n) is 16.0. The van der Waals surface area contributed by atoms with Gasteiger partial charge in [0.05, 0.1) is 23.5 Å². The molecule has 1 aromatic heterocycles. The van der Waals surface area contributed by atoms with Crippen LogP contribution in [-0.2, 0) is 28.5 Å².